The number of rotatable bonds is 8. The molecule has 4 unspecified atom stereocenters. The molecule has 1 fully saturated rings. The number of anilines is 1. The average Bonchev–Trinajstić information content (AvgIpc) is 3.35. The molecule has 0 spiro atoms. The number of aliphatic imine (C=N–C) groups is 1. The second kappa shape index (κ2) is 9.86. The molecule has 0 aliphatic carbocycles. The van der Waals surface area contributed by atoms with Crippen molar-refractivity contribution in [2.24, 2.45) is 16.8 Å². The summed E-state index contributed by atoms with van der Waals surface area (Å²) in [5.74, 6) is -3.14. The van der Waals surface area contributed by atoms with E-state index in [-0.39, 0.29) is 49.1 Å². The summed E-state index contributed by atoms with van der Waals surface area (Å²) in [5, 5.41) is 14.7. The molecule has 0 amide bonds. The third kappa shape index (κ3) is 4.75. The fourth-order valence-corrected chi connectivity index (χ4v) is 3.77. The van der Waals surface area contributed by atoms with Gasteiger partial charge in [-0.1, -0.05) is 6.08 Å². The van der Waals surface area contributed by atoms with E-state index < -0.39 is 29.7 Å². The Labute approximate surface area is 189 Å². The maximum absolute atomic E-state index is 14.6. The minimum Gasteiger partial charge on any atom is -0.491 e. The molecule has 0 saturated carbocycles. The predicted molar refractivity (Wildman–Crippen MR) is 117 cm³/mol. The van der Waals surface area contributed by atoms with Crippen LogP contribution in [-0.4, -0.2) is 55.3 Å². The lowest BCUT2D eigenvalue weighted by molar-refractivity contribution is -0.151. The number of ether oxygens (including phenoxy) is 3. The molecular formula is C23H24FN3O6. The van der Waals surface area contributed by atoms with Crippen molar-refractivity contribution in [3.05, 3.63) is 59.8 Å². The Morgan fingerprint density at radius 2 is 2.27 bits per heavy atom. The van der Waals surface area contributed by atoms with Gasteiger partial charge in [-0.3, -0.25) is 14.6 Å². The molecule has 3 aliphatic rings. The number of ketones is 1. The summed E-state index contributed by atoms with van der Waals surface area (Å²) < 4.78 is 30.6. The normalized spacial score (nSPS) is 26.5. The van der Waals surface area contributed by atoms with Crippen LogP contribution >= 0.6 is 0 Å². The van der Waals surface area contributed by atoms with Gasteiger partial charge in [-0.05, 0) is 36.8 Å². The molecule has 3 heterocycles. The van der Waals surface area contributed by atoms with Gasteiger partial charge in [0.05, 0.1) is 18.9 Å². The van der Waals surface area contributed by atoms with Crippen LogP contribution in [0, 0.1) is 17.7 Å². The van der Waals surface area contributed by atoms with Crippen molar-refractivity contribution in [2.45, 2.75) is 19.3 Å². The average molecular weight is 457 g/mol. The Morgan fingerprint density at radius 1 is 1.42 bits per heavy atom. The Kier molecular flexibility index (Phi) is 6.74. The van der Waals surface area contributed by atoms with Gasteiger partial charge < -0.3 is 30.0 Å². The number of fused-ring (bicyclic) bond motifs is 1. The van der Waals surface area contributed by atoms with Crippen molar-refractivity contribution < 1.29 is 33.3 Å². The molecule has 0 bridgehead atoms. The molecule has 1 saturated heterocycles. The number of hydrogen-bond acceptors (Lipinski definition) is 9. The summed E-state index contributed by atoms with van der Waals surface area (Å²) in [7, 11) is 0. The number of carbonyl (C=O) groups excluding carboxylic acids is 2. The fourth-order valence-electron chi connectivity index (χ4n) is 3.77. The number of aliphatic hydroxyl groups excluding tert-OH is 1. The molecule has 4 rings (SSSR count). The molecule has 33 heavy (non-hydrogen) atoms. The SMILES string of the molecule is CCOC(=O)C1C(=O)/C(=C/C2=CNC3N=CC=CC23)OC1Nc1ccc(OCCO)cc1F. The predicted octanol–water partition coefficient (Wildman–Crippen LogP) is 1.67. The van der Waals surface area contributed by atoms with Gasteiger partial charge in [0, 0.05) is 24.4 Å². The van der Waals surface area contributed by atoms with Crippen LogP contribution in [0.2, 0.25) is 0 Å². The van der Waals surface area contributed by atoms with Crippen molar-refractivity contribution in [2.75, 3.05) is 25.1 Å². The highest BCUT2D eigenvalue weighted by atomic mass is 19.1. The number of nitrogens with zero attached hydrogens (tertiary/aromatic N) is 1. The molecule has 0 aromatic heterocycles. The number of Topliss-reactive ketones (excluding diaryl/α,β-unsaturated/α-hetero) is 1. The zero-order chi connectivity index (χ0) is 23.4. The van der Waals surface area contributed by atoms with E-state index in [1.165, 1.54) is 12.1 Å². The maximum Gasteiger partial charge on any atom is 0.322 e. The Hall–Kier alpha value is -3.66. The number of hydrogen-bond donors (Lipinski definition) is 3. The van der Waals surface area contributed by atoms with Crippen molar-refractivity contribution >= 4 is 23.7 Å². The summed E-state index contributed by atoms with van der Waals surface area (Å²) in [5.41, 5.74) is 0.794. The largest absolute Gasteiger partial charge is 0.491 e. The summed E-state index contributed by atoms with van der Waals surface area (Å²) in [4.78, 5) is 29.9. The lowest BCUT2D eigenvalue weighted by atomic mass is 9.96. The first-order valence-electron chi connectivity index (χ1n) is 10.6. The van der Waals surface area contributed by atoms with E-state index in [4.69, 9.17) is 19.3 Å². The topological polar surface area (TPSA) is 118 Å². The highest BCUT2D eigenvalue weighted by Gasteiger charge is 2.47. The number of dihydropyridines is 1. The van der Waals surface area contributed by atoms with Crippen LogP contribution in [0.15, 0.2) is 59.0 Å². The number of halogens is 1. The van der Waals surface area contributed by atoms with Gasteiger partial charge in [-0.15, -0.1) is 0 Å². The molecule has 3 aliphatic heterocycles. The quantitative estimate of drug-likeness (QED) is 0.307. The lowest BCUT2D eigenvalue weighted by Gasteiger charge is -2.19. The zero-order valence-corrected chi connectivity index (χ0v) is 17.9. The third-order valence-corrected chi connectivity index (χ3v) is 5.32. The van der Waals surface area contributed by atoms with Gasteiger partial charge in [-0.25, -0.2) is 4.39 Å². The molecular weight excluding hydrogens is 433 g/mol. The van der Waals surface area contributed by atoms with E-state index in [2.05, 4.69) is 15.6 Å². The van der Waals surface area contributed by atoms with Crippen molar-refractivity contribution in [1.29, 1.82) is 0 Å². The Balaban J connectivity index is 1.56. The van der Waals surface area contributed by atoms with E-state index in [0.717, 1.165) is 11.6 Å². The molecule has 174 valence electrons. The van der Waals surface area contributed by atoms with Crippen LogP contribution in [0.3, 0.4) is 0 Å². The Bertz CT molecular complexity index is 1050. The monoisotopic (exact) mass is 457 g/mol. The van der Waals surface area contributed by atoms with Crippen LogP contribution in [0.4, 0.5) is 10.1 Å². The van der Waals surface area contributed by atoms with Gasteiger partial charge in [0.2, 0.25) is 5.78 Å². The molecule has 10 heteroatoms. The van der Waals surface area contributed by atoms with Crippen molar-refractivity contribution in [3.8, 4) is 5.75 Å². The molecule has 1 aromatic carbocycles. The summed E-state index contributed by atoms with van der Waals surface area (Å²) >= 11 is 0. The number of benzene rings is 1. The molecule has 4 atom stereocenters. The second-order valence-corrected chi connectivity index (χ2v) is 7.46. The van der Waals surface area contributed by atoms with Crippen molar-refractivity contribution in [3.63, 3.8) is 0 Å². The highest BCUT2D eigenvalue weighted by Crippen LogP contribution is 2.34. The summed E-state index contributed by atoms with van der Waals surface area (Å²) in [6.07, 6.45) is 7.47. The maximum atomic E-state index is 14.6. The number of allylic oxidation sites excluding steroid dienone is 3. The van der Waals surface area contributed by atoms with Crippen LogP contribution in [0.5, 0.6) is 5.75 Å². The number of nitrogens with one attached hydrogen (secondary N) is 2. The van der Waals surface area contributed by atoms with E-state index in [9.17, 15) is 14.0 Å². The lowest BCUT2D eigenvalue weighted by Crippen LogP contribution is -2.36. The van der Waals surface area contributed by atoms with Gasteiger partial charge in [0.25, 0.3) is 0 Å². The third-order valence-electron chi connectivity index (χ3n) is 5.32. The van der Waals surface area contributed by atoms with Crippen LogP contribution in [0.1, 0.15) is 6.92 Å². The molecule has 1 aromatic rings. The van der Waals surface area contributed by atoms with Gasteiger partial charge >= 0.3 is 5.97 Å². The first-order valence-corrected chi connectivity index (χ1v) is 10.6. The van der Waals surface area contributed by atoms with Crippen LogP contribution in [-0.2, 0) is 19.1 Å². The van der Waals surface area contributed by atoms with E-state index in [1.807, 2.05) is 12.2 Å². The molecule has 0 radical (unpaired) electrons. The summed E-state index contributed by atoms with van der Waals surface area (Å²) in [6.45, 7) is 1.54. The smallest absolute Gasteiger partial charge is 0.322 e. The van der Waals surface area contributed by atoms with E-state index in [0.29, 0.717) is 0 Å². The van der Waals surface area contributed by atoms with Crippen molar-refractivity contribution in [1.82, 2.24) is 5.32 Å². The minimum absolute atomic E-state index is 0.0195. The summed E-state index contributed by atoms with van der Waals surface area (Å²) in [6, 6.07) is 4.04. The highest BCUT2D eigenvalue weighted by molar-refractivity contribution is 6.10. The van der Waals surface area contributed by atoms with Crippen LogP contribution < -0.4 is 15.4 Å². The van der Waals surface area contributed by atoms with Crippen LogP contribution in [0.25, 0.3) is 0 Å². The van der Waals surface area contributed by atoms with E-state index in [1.54, 1.807) is 25.4 Å². The van der Waals surface area contributed by atoms with Gasteiger partial charge in [0.15, 0.2) is 17.9 Å². The first-order chi connectivity index (χ1) is 16.0. The first kappa shape index (κ1) is 22.5. The van der Waals surface area contributed by atoms with Gasteiger partial charge in [-0.2, -0.15) is 0 Å². The minimum atomic E-state index is -1.30. The Morgan fingerprint density at radius 3 is 3.03 bits per heavy atom. The number of aliphatic hydroxyl groups is 1. The number of carbonyl (C=O) groups is 2. The van der Waals surface area contributed by atoms with Gasteiger partial charge in [0.1, 0.15) is 24.3 Å². The standard InChI is InChI=1S/C23H24FN3O6/c1-2-31-23(30)19-20(29)18(10-13-12-26-21-15(13)4-3-7-25-21)33-22(19)27-17-6-5-14(11-16(17)24)32-9-8-28/h3-7,10-12,15,19,21-22,26-28H,2,8-9H2,1H3/b18-10-. The zero-order valence-electron chi connectivity index (χ0n) is 17.9. The second-order valence-electron chi connectivity index (χ2n) is 7.46. The van der Waals surface area contributed by atoms with E-state index >= 15 is 0 Å². The fraction of sp³-hybridized carbons (Fsp3) is 0.348. The molecule has 3 N–H and O–H groups in total. The molecule has 9 nitrogen and oxygen atoms in total. The number of esters is 1.